The number of methoxy groups -OCH3 is 1. The van der Waals surface area contributed by atoms with Crippen molar-refractivity contribution in [1.29, 1.82) is 5.26 Å². The fraction of sp³-hybridized carbons (Fsp3) is 0.500. The number of hydrogen-bond donors (Lipinski definition) is 0. The molecule has 0 spiro atoms. The molecule has 0 atom stereocenters. The third kappa shape index (κ3) is 3.82. The number of nitrogens with zero attached hydrogens (tertiary/aromatic N) is 4. The van der Waals surface area contributed by atoms with E-state index in [4.69, 9.17) is 21.6 Å². The minimum absolute atomic E-state index is 0.237. The molecule has 0 radical (unpaired) electrons. The second-order valence-electron chi connectivity index (χ2n) is 4.49. The molecule has 2 aromatic heterocycles. The van der Waals surface area contributed by atoms with Gasteiger partial charge in [-0.3, -0.25) is 0 Å². The zero-order valence-electron chi connectivity index (χ0n) is 12.1. The number of fused-ring (bicyclic) bond motifs is 1. The number of rotatable bonds is 7. The minimum atomic E-state index is 0.237. The third-order valence-electron chi connectivity index (χ3n) is 3.10. The second-order valence-corrected chi connectivity index (χ2v) is 5.94. The summed E-state index contributed by atoms with van der Waals surface area (Å²) in [6, 6.07) is 4.28. The maximum absolute atomic E-state index is 8.83. The topological polar surface area (TPSA) is 62.0 Å². The predicted molar refractivity (Wildman–Crippen MR) is 86.1 cm³/mol. The number of aromatic nitrogens is 2. The Balaban J connectivity index is 2.44. The summed E-state index contributed by atoms with van der Waals surface area (Å²) in [4.78, 5) is 12.8. The van der Waals surface area contributed by atoms with E-state index in [1.54, 1.807) is 18.4 Å². The van der Waals surface area contributed by atoms with Gasteiger partial charge < -0.3 is 9.64 Å². The van der Waals surface area contributed by atoms with Gasteiger partial charge in [-0.1, -0.05) is 6.92 Å². The van der Waals surface area contributed by atoms with Crippen LogP contribution in [0.15, 0.2) is 6.07 Å². The molecule has 0 aliphatic heterocycles. The second kappa shape index (κ2) is 7.55. The molecule has 0 aromatic carbocycles. The Morgan fingerprint density at radius 3 is 2.90 bits per heavy atom. The average Bonchev–Trinajstić information content (AvgIpc) is 2.89. The van der Waals surface area contributed by atoms with Crippen molar-refractivity contribution in [3.63, 3.8) is 0 Å². The number of nitriles is 1. The van der Waals surface area contributed by atoms with E-state index in [-0.39, 0.29) is 5.28 Å². The lowest BCUT2D eigenvalue weighted by Crippen LogP contribution is -2.29. The van der Waals surface area contributed by atoms with Crippen molar-refractivity contribution in [1.82, 2.24) is 9.97 Å². The van der Waals surface area contributed by atoms with Gasteiger partial charge in [0.15, 0.2) is 0 Å². The van der Waals surface area contributed by atoms with Gasteiger partial charge in [-0.15, -0.1) is 11.3 Å². The van der Waals surface area contributed by atoms with Crippen LogP contribution in [0.4, 0.5) is 5.82 Å². The molecule has 0 aliphatic rings. The smallest absolute Gasteiger partial charge is 0.225 e. The van der Waals surface area contributed by atoms with Gasteiger partial charge in [0, 0.05) is 25.1 Å². The summed E-state index contributed by atoms with van der Waals surface area (Å²) in [6.07, 6.45) is 1.38. The van der Waals surface area contributed by atoms with Crippen molar-refractivity contribution in [2.75, 3.05) is 31.7 Å². The molecular formula is C14H17ClN4OS. The number of hydrogen-bond acceptors (Lipinski definition) is 6. The van der Waals surface area contributed by atoms with Crippen LogP contribution in [-0.2, 0) is 11.2 Å². The van der Waals surface area contributed by atoms with Crippen molar-refractivity contribution in [3.8, 4) is 6.07 Å². The maximum atomic E-state index is 8.83. The van der Waals surface area contributed by atoms with Gasteiger partial charge in [-0.25, -0.2) is 4.98 Å². The molecule has 0 unspecified atom stereocenters. The molecule has 0 saturated heterocycles. The molecule has 0 amide bonds. The molecule has 112 valence electrons. The first-order chi connectivity index (χ1) is 10.2. The Bertz CT molecular complexity index is 652. The van der Waals surface area contributed by atoms with Crippen molar-refractivity contribution in [3.05, 3.63) is 16.2 Å². The number of anilines is 1. The summed E-state index contributed by atoms with van der Waals surface area (Å²) in [6.45, 7) is 3.94. The first-order valence-electron chi connectivity index (χ1n) is 6.76. The number of thiophene rings is 1. The average molecular weight is 325 g/mol. The van der Waals surface area contributed by atoms with Crippen LogP contribution in [0.5, 0.6) is 0 Å². The fourth-order valence-electron chi connectivity index (χ4n) is 2.06. The van der Waals surface area contributed by atoms with E-state index in [1.807, 2.05) is 4.90 Å². The van der Waals surface area contributed by atoms with Crippen LogP contribution in [0.2, 0.25) is 5.28 Å². The van der Waals surface area contributed by atoms with Crippen molar-refractivity contribution >= 4 is 39.0 Å². The molecule has 2 rings (SSSR count). The molecule has 7 heteroatoms. The van der Waals surface area contributed by atoms with Crippen LogP contribution in [-0.4, -0.2) is 36.8 Å². The van der Waals surface area contributed by atoms with Crippen LogP contribution >= 0.6 is 22.9 Å². The zero-order valence-corrected chi connectivity index (χ0v) is 13.7. The van der Waals surface area contributed by atoms with Gasteiger partial charge >= 0.3 is 0 Å². The van der Waals surface area contributed by atoms with E-state index in [2.05, 4.69) is 29.0 Å². The number of ether oxygens (including phenoxy) is 1. The Hall–Kier alpha value is -1.42. The first-order valence-corrected chi connectivity index (χ1v) is 7.95. The van der Waals surface area contributed by atoms with E-state index >= 15 is 0 Å². The molecule has 0 fully saturated rings. The van der Waals surface area contributed by atoms with Crippen molar-refractivity contribution in [2.45, 2.75) is 19.8 Å². The summed E-state index contributed by atoms with van der Waals surface area (Å²) >= 11 is 7.68. The van der Waals surface area contributed by atoms with E-state index in [0.717, 1.165) is 22.5 Å². The van der Waals surface area contributed by atoms with Crippen LogP contribution in [0.25, 0.3) is 10.2 Å². The van der Waals surface area contributed by atoms with Crippen molar-refractivity contribution < 1.29 is 4.74 Å². The van der Waals surface area contributed by atoms with E-state index in [1.165, 1.54) is 4.88 Å². The molecule has 0 aliphatic carbocycles. The fourth-order valence-corrected chi connectivity index (χ4v) is 3.23. The minimum Gasteiger partial charge on any atom is -0.383 e. The van der Waals surface area contributed by atoms with Crippen LogP contribution < -0.4 is 4.90 Å². The van der Waals surface area contributed by atoms with Gasteiger partial charge in [-0.05, 0) is 24.1 Å². The summed E-state index contributed by atoms with van der Waals surface area (Å²) < 4.78 is 5.14. The van der Waals surface area contributed by atoms with Crippen LogP contribution in [0.3, 0.4) is 0 Å². The van der Waals surface area contributed by atoms with E-state index in [0.29, 0.717) is 26.1 Å². The monoisotopic (exact) mass is 324 g/mol. The quantitative estimate of drug-likeness (QED) is 0.731. The van der Waals surface area contributed by atoms with Crippen LogP contribution in [0, 0.1) is 11.3 Å². The van der Waals surface area contributed by atoms with Gasteiger partial charge in [0.05, 0.1) is 24.5 Å². The lowest BCUT2D eigenvalue weighted by Gasteiger charge is -2.22. The normalized spacial score (nSPS) is 10.8. The highest BCUT2D eigenvalue weighted by Crippen LogP contribution is 2.32. The molecule has 2 heterocycles. The third-order valence-corrected chi connectivity index (χ3v) is 4.45. The van der Waals surface area contributed by atoms with Crippen LogP contribution in [0.1, 0.15) is 18.2 Å². The van der Waals surface area contributed by atoms with Gasteiger partial charge in [0.1, 0.15) is 10.6 Å². The van der Waals surface area contributed by atoms with Gasteiger partial charge in [0.25, 0.3) is 0 Å². The van der Waals surface area contributed by atoms with Gasteiger partial charge in [0.2, 0.25) is 5.28 Å². The Morgan fingerprint density at radius 1 is 1.43 bits per heavy atom. The summed E-state index contributed by atoms with van der Waals surface area (Å²) in [5, 5.41) is 10.1. The Kier molecular flexibility index (Phi) is 5.74. The van der Waals surface area contributed by atoms with Crippen molar-refractivity contribution in [2.24, 2.45) is 0 Å². The largest absolute Gasteiger partial charge is 0.383 e. The highest BCUT2D eigenvalue weighted by Gasteiger charge is 2.16. The Labute approximate surface area is 133 Å². The SMILES string of the molecule is CCc1cc2c(N(CCC#N)CCOC)nc(Cl)nc2s1. The summed E-state index contributed by atoms with van der Waals surface area (Å²) in [5.74, 6) is 0.785. The molecule has 0 bridgehead atoms. The number of aryl methyl sites for hydroxylation is 1. The maximum Gasteiger partial charge on any atom is 0.225 e. The predicted octanol–water partition coefficient (Wildman–Crippen LogP) is 3.27. The highest BCUT2D eigenvalue weighted by molar-refractivity contribution is 7.18. The highest BCUT2D eigenvalue weighted by atomic mass is 35.5. The van der Waals surface area contributed by atoms with Gasteiger partial charge in [-0.2, -0.15) is 10.2 Å². The zero-order chi connectivity index (χ0) is 15.2. The molecule has 0 N–H and O–H groups in total. The van der Waals surface area contributed by atoms with E-state index < -0.39 is 0 Å². The lowest BCUT2D eigenvalue weighted by molar-refractivity contribution is 0.205. The standard InChI is InChI=1S/C14H17ClN4OS/c1-3-10-9-11-12(17-14(15)18-13(11)21-10)19(6-4-5-16)7-8-20-2/h9H,3-4,6-8H2,1-2H3. The molecule has 0 saturated carbocycles. The first kappa shape index (κ1) is 16.0. The summed E-state index contributed by atoms with van der Waals surface area (Å²) in [7, 11) is 1.66. The number of halogens is 1. The lowest BCUT2D eigenvalue weighted by atomic mass is 10.3. The molecule has 2 aromatic rings. The summed E-state index contributed by atoms with van der Waals surface area (Å²) in [5.41, 5.74) is 0. The Morgan fingerprint density at radius 2 is 2.24 bits per heavy atom. The molecular weight excluding hydrogens is 308 g/mol. The van der Waals surface area contributed by atoms with E-state index in [9.17, 15) is 0 Å². The molecule has 5 nitrogen and oxygen atoms in total. The molecule has 21 heavy (non-hydrogen) atoms.